The van der Waals surface area contributed by atoms with Crippen molar-refractivity contribution in [1.82, 2.24) is 0 Å². The molecule has 0 amide bonds. The predicted octanol–water partition coefficient (Wildman–Crippen LogP) is 3.79. The highest BCUT2D eigenvalue weighted by molar-refractivity contribution is 6.74. The standard InChI is InChI=1S/C10H23NOSi/c1-7-8-9-11-12-13(5,6)10(2,3)4/h9H,7-8H2,1-6H3/b11-9+. The number of hydrogen-bond acceptors (Lipinski definition) is 2. The predicted molar refractivity (Wildman–Crippen MR) is 61.7 cm³/mol. The maximum Gasteiger partial charge on any atom is 0.286 e. The van der Waals surface area contributed by atoms with Gasteiger partial charge in [-0.3, -0.25) is 0 Å². The highest BCUT2D eigenvalue weighted by Crippen LogP contribution is 2.36. The molecular weight excluding hydrogens is 178 g/mol. The zero-order valence-electron chi connectivity index (χ0n) is 9.85. The molecule has 13 heavy (non-hydrogen) atoms. The number of nitrogens with zero attached hydrogens (tertiary/aromatic N) is 1. The zero-order chi connectivity index (χ0) is 10.5. The highest BCUT2D eigenvalue weighted by atomic mass is 28.4. The Morgan fingerprint density at radius 3 is 2.23 bits per heavy atom. The Bertz CT molecular complexity index is 170. The van der Waals surface area contributed by atoms with Crippen molar-refractivity contribution in [3.8, 4) is 0 Å². The summed E-state index contributed by atoms with van der Waals surface area (Å²) in [5, 5.41) is 4.28. The monoisotopic (exact) mass is 201 g/mol. The van der Waals surface area contributed by atoms with Crippen LogP contribution in [-0.2, 0) is 4.53 Å². The molecule has 0 heterocycles. The van der Waals surface area contributed by atoms with E-state index in [1.54, 1.807) is 0 Å². The molecule has 0 atom stereocenters. The van der Waals surface area contributed by atoms with Crippen molar-refractivity contribution >= 4 is 14.5 Å². The van der Waals surface area contributed by atoms with Gasteiger partial charge in [-0.05, 0) is 24.6 Å². The van der Waals surface area contributed by atoms with Gasteiger partial charge in [-0.15, -0.1) is 5.16 Å². The summed E-state index contributed by atoms with van der Waals surface area (Å²) >= 11 is 0. The normalized spacial score (nSPS) is 13.7. The summed E-state index contributed by atoms with van der Waals surface area (Å²) < 4.78 is 5.60. The fourth-order valence-corrected chi connectivity index (χ4v) is 1.10. The summed E-state index contributed by atoms with van der Waals surface area (Å²) in [6.45, 7) is 13.2. The number of oxime groups is 1. The van der Waals surface area contributed by atoms with Crippen molar-refractivity contribution in [2.75, 3.05) is 0 Å². The molecule has 0 N–H and O–H groups in total. The van der Waals surface area contributed by atoms with E-state index < -0.39 is 8.32 Å². The van der Waals surface area contributed by atoms with Crippen LogP contribution in [0.1, 0.15) is 40.5 Å². The molecule has 3 heteroatoms. The van der Waals surface area contributed by atoms with Gasteiger partial charge in [0.25, 0.3) is 8.32 Å². The van der Waals surface area contributed by atoms with Gasteiger partial charge in [0, 0.05) is 6.21 Å². The van der Waals surface area contributed by atoms with Gasteiger partial charge < -0.3 is 4.53 Å². The Hall–Kier alpha value is -0.313. The minimum Gasteiger partial charge on any atom is -0.455 e. The molecule has 0 radical (unpaired) electrons. The van der Waals surface area contributed by atoms with Crippen molar-refractivity contribution in [2.45, 2.75) is 58.7 Å². The van der Waals surface area contributed by atoms with Crippen LogP contribution < -0.4 is 0 Å². The summed E-state index contributed by atoms with van der Waals surface area (Å²) in [5.41, 5.74) is 0. The molecule has 0 rings (SSSR count). The zero-order valence-corrected chi connectivity index (χ0v) is 10.8. The van der Waals surface area contributed by atoms with E-state index in [0.29, 0.717) is 0 Å². The van der Waals surface area contributed by atoms with Gasteiger partial charge in [0.05, 0.1) is 0 Å². The average Bonchev–Trinajstić information content (AvgIpc) is 1.96. The summed E-state index contributed by atoms with van der Waals surface area (Å²) in [4.78, 5) is 0. The third-order valence-corrected chi connectivity index (χ3v) is 6.75. The Kier molecular flexibility index (Phi) is 4.68. The lowest BCUT2D eigenvalue weighted by Gasteiger charge is -2.33. The van der Waals surface area contributed by atoms with Gasteiger partial charge in [-0.2, -0.15) is 0 Å². The molecule has 0 unspecified atom stereocenters. The van der Waals surface area contributed by atoms with E-state index in [1.807, 2.05) is 6.21 Å². The smallest absolute Gasteiger partial charge is 0.286 e. The summed E-state index contributed by atoms with van der Waals surface area (Å²) in [7, 11) is -1.65. The third-order valence-electron chi connectivity index (χ3n) is 2.58. The van der Waals surface area contributed by atoms with Gasteiger partial charge in [0.1, 0.15) is 0 Å². The van der Waals surface area contributed by atoms with Gasteiger partial charge in [0.2, 0.25) is 0 Å². The Labute approximate surface area is 83.5 Å². The minimum absolute atomic E-state index is 0.247. The Morgan fingerprint density at radius 1 is 1.31 bits per heavy atom. The molecule has 0 aromatic rings. The number of unbranched alkanes of at least 4 members (excludes halogenated alkanes) is 1. The van der Waals surface area contributed by atoms with Gasteiger partial charge in [-0.25, -0.2) is 0 Å². The van der Waals surface area contributed by atoms with Crippen molar-refractivity contribution in [3.63, 3.8) is 0 Å². The summed E-state index contributed by atoms with van der Waals surface area (Å²) in [5.74, 6) is 0. The quantitative estimate of drug-likeness (QED) is 0.385. The third kappa shape index (κ3) is 4.46. The first-order valence-corrected chi connectivity index (χ1v) is 7.92. The maximum atomic E-state index is 5.60. The average molecular weight is 201 g/mol. The first-order valence-electron chi connectivity index (χ1n) is 5.01. The molecule has 2 nitrogen and oxygen atoms in total. The molecule has 0 aliphatic heterocycles. The van der Waals surface area contributed by atoms with Gasteiger partial charge in [-0.1, -0.05) is 34.1 Å². The lowest BCUT2D eigenvalue weighted by atomic mass is 10.2. The molecule has 0 aliphatic rings. The van der Waals surface area contributed by atoms with E-state index >= 15 is 0 Å². The second kappa shape index (κ2) is 4.79. The first-order chi connectivity index (χ1) is 5.81. The molecule has 0 bridgehead atoms. The Morgan fingerprint density at radius 2 is 1.85 bits per heavy atom. The van der Waals surface area contributed by atoms with Gasteiger partial charge in [0.15, 0.2) is 0 Å². The lowest BCUT2D eigenvalue weighted by molar-refractivity contribution is 0.309. The molecular formula is C10H23NOSi. The van der Waals surface area contributed by atoms with Crippen LogP contribution in [0.3, 0.4) is 0 Å². The lowest BCUT2D eigenvalue weighted by Crippen LogP contribution is -2.39. The van der Waals surface area contributed by atoms with E-state index in [2.05, 4.69) is 45.9 Å². The van der Waals surface area contributed by atoms with E-state index in [4.69, 9.17) is 4.53 Å². The van der Waals surface area contributed by atoms with Crippen molar-refractivity contribution in [2.24, 2.45) is 5.16 Å². The molecule has 0 aromatic carbocycles. The van der Waals surface area contributed by atoms with Crippen LogP contribution in [0.15, 0.2) is 5.16 Å². The molecule has 0 fully saturated rings. The van der Waals surface area contributed by atoms with Crippen LogP contribution in [0.5, 0.6) is 0 Å². The maximum absolute atomic E-state index is 5.60. The number of rotatable bonds is 4. The van der Waals surface area contributed by atoms with E-state index in [0.717, 1.165) is 12.8 Å². The van der Waals surface area contributed by atoms with E-state index in [1.165, 1.54) is 0 Å². The fourth-order valence-electron chi connectivity index (χ4n) is 0.488. The molecule has 0 saturated carbocycles. The second-order valence-corrected chi connectivity index (χ2v) is 9.63. The molecule has 78 valence electrons. The van der Waals surface area contributed by atoms with Gasteiger partial charge >= 0.3 is 0 Å². The van der Waals surface area contributed by atoms with Crippen molar-refractivity contribution < 1.29 is 4.53 Å². The molecule has 0 spiro atoms. The first kappa shape index (κ1) is 12.7. The SMILES string of the molecule is CCC/C=N/O[Si](C)(C)C(C)(C)C. The largest absolute Gasteiger partial charge is 0.455 e. The highest BCUT2D eigenvalue weighted by Gasteiger charge is 2.39. The summed E-state index contributed by atoms with van der Waals surface area (Å²) in [6, 6.07) is 0. The summed E-state index contributed by atoms with van der Waals surface area (Å²) in [6.07, 6.45) is 4.01. The van der Waals surface area contributed by atoms with Crippen LogP contribution in [-0.4, -0.2) is 14.5 Å². The molecule has 0 saturated heterocycles. The second-order valence-electron chi connectivity index (χ2n) is 4.93. The van der Waals surface area contributed by atoms with E-state index in [-0.39, 0.29) is 5.04 Å². The minimum atomic E-state index is -1.65. The van der Waals surface area contributed by atoms with Crippen LogP contribution in [0.4, 0.5) is 0 Å². The molecule has 0 aliphatic carbocycles. The van der Waals surface area contributed by atoms with Crippen LogP contribution in [0.25, 0.3) is 0 Å². The number of hydrogen-bond donors (Lipinski definition) is 0. The topological polar surface area (TPSA) is 21.6 Å². The van der Waals surface area contributed by atoms with Crippen LogP contribution >= 0.6 is 0 Å². The fraction of sp³-hybridized carbons (Fsp3) is 0.900. The van der Waals surface area contributed by atoms with Crippen LogP contribution in [0.2, 0.25) is 18.1 Å². The van der Waals surface area contributed by atoms with E-state index in [9.17, 15) is 0 Å². The van der Waals surface area contributed by atoms with Crippen molar-refractivity contribution in [1.29, 1.82) is 0 Å². The molecule has 0 aromatic heterocycles. The van der Waals surface area contributed by atoms with Crippen LogP contribution in [0, 0.1) is 0 Å². The Balaban J connectivity index is 4.04. The van der Waals surface area contributed by atoms with Crippen molar-refractivity contribution in [3.05, 3.63) is 0 Å².